The Kier molecular flexibility index (Phi) is 4.85. The SMILES string of the molecule is CCOCc1cn2cc(C=CC(=O)Nc3ccccc3)sc2n1. The summed E-state index contributed by atoms with van der Waals surface area (Å²) in [6.07, 6.45) is 7.22. The number of hydrogen-bond acceptors (Lipinski definition) is 4. The van der Waals surface area contributed by atoms with E-state index < -0.39 is 0 Å². The topological polar surface area (TPSA) is 55.6 Å². The molecule has 0 atom stereocenters. The second kappa shape index (κ2) is 7.21. The number of nitrogens with zero attached hydrogens (tertiary/aromatic N) is 2. The van der Waals surface area contributed by atoms with E-state index in [2.05, 4.69) is 10.3 Å². The van der Waals surface area contributed by atoms with Crippen LogP contribution in [0.3, 0.4) is 0 Å². The number of para-hydroxylation sites is 1. The van der Waals surface area contributed by atoms with Gasteiger partial charge in [-0.2, -0.15) is 0 Å². The molecule has 6 heteroatoms. The predicted octanol–water partition coefficient (Wildman–Crippen LogP) is 3.58. The molecule has 5 nitrogen and oxygen atoms in total. The van der Waals surface area contributed by atoms with E-state index in [4.69, 9.17) is 4.74 Å². The molecule has 1 N–H and O–H groups in total. The third-order valence-corrected chi connectivity index (χ3v) is 4.08. The fourth-order valence-electron chi connectivity index (χ4n) is 2.08. The minimum atomic E-state index is -0.153. The van der Waals surface area contributed by atoms with Gasteiger partial charge in [0.15, 0.2) is 4.96 Å². The molecule has 0 radical (unpaired) electrons. The first-order valence-electron chi connectivity index (χ1n) is 7.34. The molecule has 1 aromatic carbocycles. The van der Waals surface area contributed by atoms with Crippen LogP contribution in [0.1, 0.15) is 17.5 Å². The minimum absolute atomic E-state index is 0.153. The van der Waals surface area contributed by atoms with Gasteiger partial charge in [-0.15, -0.1) is 0 Å². The number of thiazole rings is 1. The first-order valence-corrected chi connectivity index (χ1v) is 8.15. The molecular weight excluding hydrogens is 310 g/mol. The zero-order valence-electron chi connectivity index (χ0n) is 12.7. The van der Waals surface area contributed by atoms with Crippen LogP contribution < -0.4 is 5.32 Å². The van der Waals surface area contributed by atoms with Crippen molar-refractivity contribution in [3.8, 4) is 0 Å². The summed E-state index contributed by atoms with van der Waals surface area (Å²) >= 11 is 1.53. The summed E-state index contributed by atoms with van der Waals surface area (Å²) in [6.45, 7) is 3.16. The number of amides is 1. The van der Waals surface area contributed by atoms with Crippen molar-refractivity contribution in [2.24, 2.45) is 0 Å². The van der Waals surface area contributed by atoms with Gasteiger partial charge in [-0.3, -0.25) is 9.20 Å². The van der Waals surface area contributed by atoms with Crippen molar-refractivity contribution in [1.82, 2.24) is 9.38 Å². The van der Waals surface area contributed by atoms with Crippen LogP contribution in [0.25, 0.3) is 11.0 Å². The Morgan fingerprint density at radius 2 is 2.17 bits per heavy atom. The summed E-state index contributed by atoms with van der Waals surface area (Å²) in [5.41, 5.74) is 1.69. The largest absolute Gasteiger partial charge is 0.375 e. The molecule has 118 valence electrons. The fraction of sp³-hybridized carbons (Fsp3) is 0.176. The smallest absolute Gasteiger partial charge is 0.248 e. The Bertz CT molecular complexity index is 789. The highest BCUT2D eigenvalue weighted by Gasteiger charge is 2.05. The number of carbonyl (C=O) groups excluding carboxylic acids is 1. The van der Waals surface area contributed by atoms with Crippen molar-refractivity contribution in [3.05, 3.63) is 59.4 Å². The van der Waals surface area contributed by atoms with Gasteiger partial charge in [0, 0.05) is 35.6 Å². The minimum Gasteiger partial charge on any atom is -0.375 e. The molecule has 2 aromatic heterocycles. The highest BCUT2D eigenvalue weighted by Crippen LogP contribution is 2.19. The zero-order chi connectivity index (χ0) is 16.1. The van der Waals surface area contributed by atoms with Crippen LogP contribution in [0.2, 0.25) is 0 Å². The molecule has 0 aliphatic carbocycles. The van der Waals surface area contributed by atoms with Crippen molar-refractivity contribution in [1.29, 1.82) is 0 Å². The summed E-state index contributed by atoms with van der Waals surface area (Å²) in [4.78, 5) is 18.2. The molecule has 3 aromatic rings. The third kappa shape index (κ3) is 4.06. The van der Waals surface area contributed by atoms with Gasteiger partial charge in [-0.25, -0.2) is 4.98 Å². The number of fused-ring (bicyclic) bond motifs is 1. The van der Waals surface area contributed by atoms with Gasteiger partial charge in [0.05, 0.1) is 12.3 Å². The van der Waals surface area contributed by atoms with E-state index in [1.54, 1.807) is 6.08 Å². The van der Waals surface area contributed by atoms with Crippen LogP contribution in [-0.2, 0) is 16.1 Å². The van der Waals surface area contributed by atoms with Crippen LogP contribution in [0.4, 0.5) is 5.69 Å². The normalized spacial score (nSPS) is 11.3. The van der Waals surface area contributed by atoms with Gasteiger partial charge >= 0.3 is 0 Å². The number of benzene rings is 1. The van der Waals surface area contributed by atoms with E-state index in [1.807, 2.05) is 54.0 Å². The maximum atomic E-state index is 11.9. The highest BCUT2D eigenvalue weighted by molar-refractivity contribution is 7.17. The summed E-state index contributed by atoms with van der Waals surface area (Å²) < 4.78 is 7.30. The zero-order valence-corrected chi connectivity index (χ0v) is 13.5. The molecule has 3 rings (SSSR count). The first-order chi connectivity index (χ1) is 11.2. The van der Waals surface area contributed by atoms with Gasteiger partial charge in [0.25, 0.3) is 0 Å². The number of nitrogens with one attached hydrogen (secondary N) is 1. The Labute approximate surface area is 138 Å². The third-order valence-electron chi connectivity index (χ3n) is 3.12. The van der Waals surface area contributed by atoms with Crippen LogP contribution in [0.15, 0.2) is 48.8 Å². The van der Waals surface area contributed by atoms with Crippen LogP contribution >= 0.6 is 11.3 Å². The second-order valence-electron chi connectivity index (χ2n) is 4.88. The number of imidazole rings is 1. The van der Waals surface area contributed by atoms with Crippen LogP contribution in [0, 0.1) is 0 Å². The molecule has 0 fully saturated rings. The standard InChI is InChI=1S/C17H17N3O2S/c1-2-22-12-14-10-20-11-15(23-17(20)19-14)8-9-16(21)18-13-6-4-3-5-7-13/h3-11H,2,12H2,1H3,(H,18,21). The summed E-state index contributed by atoms with van der Waals surface area (Å²) in [5, 5.41) is 2.81. The van der Waals surface area contributed by atoms with Crippen molar-refractivity contribution in [3.63, 3.8) is 0 Å². The molecule has 0 spiro atoms. The number of anilines is 1. The average Bonchev–Trinajstić information content (AvgIpc) is 3.10. The van der Waals surface area contributed by atoms with Gasteiger partial charge in [-0.05, 0) is 25.1 Å². The van der Waals surface area contributed by atoms with Gasteiger partial charge in [0.2, 0.25) is 5.91 Å². The lowest BCUT2D eigenvalue weighted by molar-refractivity contribution is -0.111. The Morgan fingerprint density at radius 3 is 2.91 bits per heavy atom. The molecule has 0 aliphatic rings. The summed E-state index contributed by atoms with van der Waals surface area (Å²) in [6, 6.07) is 9.38. The molecule has 23 heavy (non-hydrogen) atoms. The van der Waals surface area contributed by atoms with Gasteiger partial charge < -0.3 is 10.1 Å². The molecule has 2 heterocycles. The number of aromatic nitrogens is 2. The molecule has 0 unspecified atom stereocenters. The highest BCUT2D eigenvalue weighted by atomic mass is 32.1. The van der Waals surface area contributed by atoms with E-state index in [0.29, 0.717) is 13.2 Å². The molecule has 1 amide bonds. The van der Waals surface area contributed by atoms with E-state index in [-0.39, 0.29) is 5.91 Å². The Morgan fingerprint density at radius 1 is 1.35 bits per heavy atom. The van der Waals surface area contributed by atoms with Crippen molar-refractivity contribution < 1.29 is 9.53 Å². The molecular formula is C17H17N3O2S. The Hall–Kier alpha value is -2.44. The molecule has 0 aliphatic heterocycles. The van der Waals surface area contributed by atoms with Crippen molar-refractivity contribution in [2.45, 2.75) is 13.5 Å². The fourth-order valence-corrected chi connectivity index (χ4v) is 2.97. The number of hydrogen-bond donors (Lipinski definition) is 1. The maximum Gasteiger partial charge on any atom is 0.248 e. The quantitative estimate of drug-likeness (QED) is 0.704. The summed E-state index contributed by atoms with van der Waals surface area (Å²) in [5.74, 6) is -0.153. The van der Waals surface area contributed by atoms with Gasteiger partial charge in [0.1, 0.15) is 0 Å². The van der Waals surface area contributed by atoms with E-state index >= 15 is 0 Å². The molecule has 0 saturated carbocycles. The average molecular weight is 327 g/mol. The predicted molar refractivity (Wildman–Crippen MR) is 92.5 cm³/mol. The Balaban J connectivity index is 1.64. The first kappa shape index (κ1) is 15.5. The van der Waals surface area contributed by atoms with E-state index in [9.17, 15) is 4.79 Å². The lowest BCUT2D eigenvalue weighted by atomic mass is 10.3. The van der Waals surface area contributed by atoms with Crippen molar-refractivity contribution >= 4 is 34.0 Å². The number of rotatable bonds is 6. The van der Waals surface area contributed by atoms with E-state index in [0.717, 1.165) is 21.2 Å². The lowest BCUT2D eigenvalue weighted by Gasteiger charge is -1.99. The van der Waals surface area contributed by atoms with Gasteiger partial charge in [-0.1, -0.05) is 29.5 Å². The van der Waals surface area contributed by atoms with Crippen LogP contribution in [-0.4, -0.2) is 21.9 Å². The van der Waals surface area contributed by atoms with Crippen molar-refractivity contribution in [2.75, 3.05) is 11.9 Å². The van der Waals surface area contributed by atoms with Crippen LogP contribution in [0.5, 0.6) is 0 Å². The lowest BCUT2D eigenvalue weighted by Crippen LogP contribution is -2.07. The maximum absolute atomic E-state index is 11.9. The molecule has 0 bridgehead atoms. The number of ether oxygens (including phenoxy) is 1. The monoisotopic (exact) mass is 327 g/mol. The summed E-state index contributed by atoms with van der Waals surface area (Å²) in [7, 11) is 0. The second-order valence-corrected chi connectivity index (χ2v) is 5.92. The van der Waals surface area contributed by atoms with E-state index in [1.165, 1.54) is 17.4 Å². The number of carbonyl (C=O) groups is 1. The molecule has 0 saturated heterocycles.